The van der Waals surface area contributed by atoms with E-state index < -0.39 is 6.10 Å². The van der Waals surface area contributed by atoms with Crippen molar-refractivity contribution in [2.24, 2.45) is 7.05 Å². The minimum absolute atomic E-state index is 0.0584. The van der Waals surface area contributed by atoms with Gasteiger partial charge in [0.2, 0.25) is 0 Å². The molecule has 0 bridgehead atoms. The van der Waals surface area contributed by atoms with Gasteiger partial charge in [0.05, 0.1) is 22.1 Å². The molecule has 0 radical (unpaired) electrons. The topological polar surface area (TPSA) is 50.9 Å². The molecule has 0 saturated heterocycles. The summed E-state index contributed by atoms with van der Waals surface area (Å²) in [6.45, 7) is 8.36. The minimum atomic E-state index is -0.551. The van der Waals surface area contributed by atoms with Gasteiger partial charge >= 0.3 is 0 Å². The van der Waals surface area contributed by atoms with E-state index in [0.717, 1.165) is 22.1 Å². The zero-order chi connectivity index (χ0) is 14.2. The number of hydrogen-bond donors (Lipinski definition) is 1. The molecule has 2 aromatic heterocycles. The molecule has 4 nitrogen and oxygen atoms in total. The van der Waals surface area contributed by atoms with Crippen molar-refractivity contribution < 1.29 is 5.11 Å². The first kappa shape index (κ1) is 14.2. The lowest BCUT2D eigenvalue weighted by molar-refractivity contribution is 0.168. The monoisotopic (exact) mass is 279 g/mol. The molecule has 0 aliphatic heterocycles. The summed E-state index contributed by atoms with van der Waals surface area (Å²) in [6, 6.07) is 1.92. The molecule has 0 aliphatic carbocycles. The van der Waals surface area contributed by atoms with Crippen LogP contribution in [0.3, 0.4) is 0 Å². The van der Waals surface area contributed by atoms with E-state index in [9.17, 15) is 5.11 Å². The molecule has 1 unspecified atom stereocenters. The number of aliphatic hydroxyl groups excluding tert-OH is 1. The minimum Gasteiger partial charge on any atom is -0.386 e. The van der Waals surface area contributed by atoms with E-state index in [2.05, 4.69) is 36.2 Å². The second-order valence-electron chi connectivity index (χ2n) is 5.93. The van der Waals surface area contributed by atoms with Crippen molar-refractivity contribution in [3.63, 3.8) is 0 Å². The first-order valence-electron chi connectivity index (χ1n) is 6.41. The van der Waals surface area contributed by atoms with Crippen LogP contribution in [0.1, 0.15) is 49.0 Å². The molecule has 2 heterocycles. The Morgan fingerprint density at radius 3 is 2.58 bits per heavy atom. The van der Waals surface area contributed by atoms with Gasteiger partial charge in [-0.25, -0.2) is 4.98 Å². The van der Waals surface area contributed by atoms with Crippen molar-refractivity contribution in [1.29, 1.82) is 0 Å². The maximum Gasteiger partial charge on any atom is 0.102 e. The summed E-state index contributed by atoms with van der Waals surface area (Å²) in [7, 11) is 1.86. The van der Waals surface area contributed by atoms with E-state index in [1.54, 1.807) is 16.0 Å². The summed E-state index contributed by atoms with van der Waals surface area (Å²) in [5.41, 5.74) is 2.90. The van der Waals surface area contributed by atoms with Crippen molar-refractivity contribution in [3.05, 3.63) is 33.5 Å². The van der Waals surface area contributed by atoms with E-state index in [4.69, 9.17) is 0 Å². The maximum absolute atomic E-state index is 10.3. The van der Waals surface area contributed by atoms with Crippen LogP contribution in [0.5, 0.6) is 0 Å². The lowest BCUT2D eigenvalue weighted by atomic mass is 9.93. The van der Waals surface area contributed by atoms with Crippen molar-refractivity contribution >= 4 is 11.3 Å². The SMILES string of the molecule is Cc1cc(C(O)Cc2nc(C(C)(C)C)cs2)n(C)n1. The van der Waals surface area contributed by atoms with Gasteiger partial charge < -0.3 is 5.11 Å². The molecule has 1 atom stereocenters. The van der Waals surface area contributed by atoms with Crippen molar-refractivity contribution in [3.8, 4) is 0 Å². The third-order valence-corrected chi connectivity index (χ3v) is 3.94. The fraction of sp³-hybridized carbons (Fsp3) is 0.571. The average Bonchev–Trinajstić information content (AvgIpc) is 2.84. The van der Waals surface area contributed by atoms with Gasteiger partial charge in [-0.15, -0.1) is 11.3 Å². The maximum atomic E-state index is 10.3. The second kappa shape index (κ2) is 5.06. The first-order chi connectivity index (χ1) is 8.77. The molecular weight excluding hydrogens is 258 g/mol. The van der Waals surface area contributed by atoms with Crippen LogP contribution in [0.4, 0.5) is 0 Å². The van der Waals surface area contributed by atoms with Gasteiger partial charge in [-0.1, -0.05) is 20.8 Å². The molecule has 0 spiro atoms. The van der Waals surface area contributed by atoms with Gasteiger partial charge in [-0.2, -0.15) is 5.10 Å². The fourth-order valence-corrected chi connectivity index (χ4v) is 3.02. The molecule has 2 rings (SSSR count). The van der Waals surface area contributed by atoms with E-state index >= 15 is 0 Å². The molecule has 0 fully saturated rings. The molecule has 0 saturated carbocycles. The number of rotatable bonds is 3. The van der Waals surface area contributed by atoms with Crippen LogP contribution in [-0.2, 0) is 18.9 Å². The van der Waals surface area contributed by atoms with Crippen LogP contribution in [0, 0.1) is 6.92 Å². The molecular formula is C14H21N3OS. The Morgan fingerprint density at radius 1 is 1.42 bits per heavy atom. The van der Waals surface area contributed by atoms with Gasteiger partial charge in [0.25, 0.3) is 0 Å². The van der Waals surface area contributed by atoms with Gasteiger partial charge in [-0.3, -0.25) is 4.68 Å². The standard InChI is InChI=1S/C14H21N3OS/c1-9-6-10(17(5)16-9)11(18)7-13-15-12(8-19-13)14(2,3)4/h6,8,11,18H,7H2,1-5H3. The lowest BCUT2D eigenvalue weighted by Gasteiger charge is -2.14. The third kappa shape index (κ3) is 3.22. The van der Waals surface area contributed by atoms with Crippen molar-refractivity contribution in [1.82, 2.24) is 14.8 Å². The molecule has 0 aliphatic rings. The highest BCUT2D eigenvalue weighted by atomic mass is 32.1. The fourth-order valence-electron chi connectivity index (χ4n) is 1.96. The molecule has 5 heteroatoms. The van der Waals surface area contributed by atoms with Crippen molar-refractivity contribution in [2.75, 3.05) is 0 Å². The highest BCUT2D eigenvalue weighted by molar-refractivity contribution is 7.09. The predicted octanol–water partition coefficient (Wildman–Crippen LogP) is 2.76. The summed E-state index contributed by atoms with van der Waals surface area (Å²) in [4.78, 5) is 4.61. The highest BCUT2D eigenvalue weighted by Gasteiger charge is 2.20. The number of thiazole rings is 1. The number of aliphatic hydroxyl groups is 1. The van der Waals surface area contributed by atoms with Gasteiger partial charge in [0.15, 0.2) is 0 Å². The van der Waals surface area contributed by atoms with E-state index in [-0.39, 0.29) is 5.41 Å². The summed E-state index contributed by atoms with van der Waals surface area (Å²) in [6.07, 6.45) is -0.00938. The summed E-state index contributed by atoms with van der Waals surface area (Å²) >= 11 is 1.61. The zero-order valence-electron chi connectivity index (χ0n) is 12.1. The van der Waals surface area contributed by atoms with Gasteiger partial charge in [0.1, 0.15) is 6.10 Å². The van der Waals surface area contributed by atoms with Gasteiger partial charge in [-0.05, 0) is 13.0 Å². The molecule has 0 amide bonds. The lowest BCUT2D eigenvalue weighted by Crippen LogP contribution is -2.12. The largest absolute Gasteiger partial charge is 0.386 e. The van der Waals surface area contributed by atoms with E-state index in [1.807, 2.05) is 20.0 Å². The Morgan fingerprint density at radius 2 is 2.11 bits per heavy atom. The number of aromatic nitrogens is 3. The van der Waals surface area contributed by atoms with Crippen LogP contribution in [0.2, 0.25) is 0 Å². The van der Waals surface area contributed by atoms with Crippen LogP contribution in [0.25, 0.3) is 0 Å². The van der Waals surface area contributed by atoms with Gasteiger partial charge in [0, 0.05) is 24.3 Å². The number of hydrogen-bond acceptors (Lipinski definition) is 4. The molecule has 104 valence electrons. The zero-order valence-corrected chi connectivity index (χ0v) is 13.0. The summed E-state index contributed by atoms with van der Waals surface area (Å²) < 4.78 is 1.73. The van der Waals surface area contributed by atoms with Crippen molar-refractivity contribution in [2.45, 2.75) is 45.6 Å². The Bertz CT molecular complexity index is 565. The number of aryl methyl sites for hydroxylation is 2. The normalized spacial score (nSPS) is 13.8. The first-order valence-corrected chi connectivity index (χ1v) is 7.29. The van der Waals surface area contributed by atoms with Crippen LogP contribution in [-0.4, -0.2) is 19.9 Å². The second-order valence-corrected chi connectivity index (χ2v) is 6.87. The number of nitrogens with zero attached hydrogens (tertiary/aromatic N) is 3. The predicted molar refractivity (Wildman–Crippen MR) is 77.4 cm³/mol. The quantitative estimate of drug-likeness (QED) is 0.940. The molecule has 1 N–H and O–H groups in total. The highest BCUT2D eigenvalue weighted by Crippen LogP contribution is 2.26. The van der Waals surface area contributed by atoms with E-state index in [1.165, 1.54) is 0 Å². The Labute approximate surface area is 118 Å². The Hall–Kier alpha value is -1.20. The third-order valence-electron chi connectivity index (χ3n) is 3.07. The van der Waals surface area contributed by atoms with E-state index in [0.29, 0.717) is 6.42 Å². The molecule has 2 aromatic rings. The Balaban J connectivity index is 2.13. The smallest absolute Gasteiger partial charge is 0.102 e. The summed E-state index contributed by atoms with van der Waals surface area (Å²) in [5, 5.41) is 17.6. The molecule has 19 heavy (non-hydrogen) atoms. The average molecular weight is 279 g/mol. The van der Waals surface area contributed by atoms with Crippen LogP contribution >= 0.6 is 11.3 Å². The van der Waals surface area contributed by atoms with Crippen LogP contribution in [0.15, 0.2) is 11.4 Å². The molecule has 0 aromatic carbocycles. The van der Waals surface area contributed by atoms with Crippen LogP contribution < -0.4 is 0 Å². The summed E-state index contributed by atoms with van der Waals surface area (Å²) in [5.74, 6) is 0. The Kier molecular flexibility index (Phi) is 3.78.